The molecule has 17 heavy (non-hydrogen) atoms. The molecule has 0 saturated carbocycles. The average Bonchev–Trinajstić information content (AvgIpc) is 2.56. The largest absolute Gasteiger partial charge is 0.394 e. The van der Waals surface area contributed by atoms with Gasteiger partial charge in [0.1, 0.15) is 6.10 Å². The molecule has 1 fully saturated rings. The number of carbonyl (C=O) groups is 1. The third-order valence-corrected chi connectivity index (χ3v) is 3.01. The van der Waals surface area contributed by atoms with Crippen molar-refractivity contribution in [2.45, 2.75) is 31.2 Å². The Morgan fingerprint density at radius 2 is 2.35 bits per heavy atom. The molecule has 0 bridgehead atoms. The van der Waals surface area contributed by atoms with Crippen molar-refractivity contribution in [2.75, 3.05) is 6.61 Å². The lowest BCUT2D eigenvalue weighted by molar-refractivity contribution is -0.126. The van der Waals surface area contributed by atoms with Gasteiger partial charge < -0.3 is 20.7 Å². The van der Waals surface area contributed by atoms with Gasteiger partial charge in [-0.3, -0.25) is 4.79 Å². The van der Waals surface area contributed by atoms with E-state index in [1.807, 2.05) is 0 Å². The van der Waals surface area contributed by atoms with Crippen molar-refractivity contribution < 1.29 is 19.7 Å². The molecule has 0 aromatic carbocycles. The van der Waals surface area contributed by atoms with Crippen LogP contribution in [0.4, 0.5) is 0 Å². The van der Waals surface area contributed by atoms with Crippen molar-refractivity contribution >= 4 is 18.1 Å². The summed E-state index contributed by atoms with van der Waals surface area (Å²) < 4.78 is 5.43. The van der Waals surface area contributed by atoms with Crippen LogP contribution in [0.3, 0.4) is 0 Å². The van der Waals surface area contributed by atoms with Gasteiger partial charge in [-0.25, -0.2) is 4.99 Å². The van der Waals surface area contributed by atoms with Crippen molar-refractivity contribution in [1.29, 1.82) is 0 Å². The van der Waals surface area contributed by atoms with Crippen LogP contribution in [0.1, 0.15) is 12.8 Å². The Balaban J connectivity index is 2.08. The minimum atomic E-state index is -0.751. The van der Waals surface area contributed by atoms with Crippen molar-refractivity contribution in [1.82, 2.24) is 0 Å². The van der Waals surface area contributed by atoms with E-state index in [2.05, 4.69) is 9.98 Å². The molecule has 0 aromatic rings. The highest BCUT2D eigenvalue weighted by atomic mass is 16.5. The smallest absolute Gasteiger partial charge is 0.255 e. The molecule has 2 rings (SSSR count). The van der Waals surface area contributed by atoms with E-state index in [1.165, 1.54) is 6.21 Å². The quantitative estimate of drug-likeness (QED) is 0.540. The molecule has 4 atom stereocenters. The van der Waals surface area contributed by atoms with Crippen LogP contribution in [0.2, 0.25) is 0 Å². The zero-order valence-electron chi connectivity index (χ0n) is 9.19. The second-order valence-corrected chi connectivity index (χ2v) is 4.16. The van der Waals surface area contributed by atoms with Crippen LogP contribution in [0.25, 0.3) is 0 Å². The number of hydrogen-bond donors (Lipinski definition) is 3. The fourth-order valence-electron chi connectivity index (χ4n) is 2.08. The number of ether oxygens (including phenoxy) is 1. The minimum absolute atomic E-state index is 0.0604. The highest BCUT2D eigenvalue weighted by Gasteiger charge is 2.40. The van der Waals surface area contributed by atoms with E-state index in [0.717, 1.165) is 0 Å². The van der Waals surface area contributed by atoms with E-state index in [4.69, 9.17) is 15.6 Å². The molecule has 2 heterocycles. The highest BCUT2D eigenvalue weighted by molar-refractivity contribution is 5.99. The zero-order chi connectivity index (χ0) is 12.4. The van der Waals surface area contributed by atoms with Gasteiger partial charge in [0.05, 0.1) is 24.7 Å². The standard InChI is InChI=1S/C10H15N3O4/c11-10-12-2-1-5(9(16)13-10)7-3-6(15)8(4-14)17-7/h2,5-8,14-15H,1,3-4H2,(H2,11,13,16)/t5?,6?,7-,8-/m1/s1. The number of carbonyl (C=O) groups excluding carboxylic acids is 1. The van der Waals surface area contributed by atoms with Crippen LogP contribution in [0, 0.1) is 5.92 Å². The SMILES string of the molecule is NC1=NC(=O)C([C@H]2CC(O)[C@@H](CO)O2)CC=N1. The van der Waals surface area contributed by atoms with E-state index >= 15 is 0 Å². The predicted octanol–water partition coefficient (Wildman–Crippen LogP) is -1.57. The molecular weight excluding hydrogens is 226 g/mol. The third-order valence-electron chi connectivity index (χ3n) is 3.01. The summed E-state index contributed by atoms with van der Waals surface area (Å²) >= 11 is 0. The first-order valence-corrected chi connectivity index (χ1v) is 5.46. The molecular formula is C10H15N3O4. The second kappa shape index (κ2) is 4.91. The Morgan fingerprint density at radius 1 is 1.59 bits per heavy atom. The van der Waals surface area contributed by atoms with Crippen LogP contribution in [0.15, 0.2) is 9.98 Å². The Morgan fingerprint density at radius 3 is 3.00 bits per heavy atom. The van der Waals surface area contributed by atoms with E-state index in [9.17, 15) is 9.90 Å². The Bertz CT molecular complexity index is 369. The fourth-order valence-corrected chi connectivity index (χ4v) is 2.08. The number of hydrogen-bond acceptors (Lipinski definition) is 6. The van der Waals surface area contributed by atoms with Crippen LogP contribution in [-0.2, 0) is 9.53 Å². The van der Waals surface area contributed by atoms with Gasteiger partial charge in [-0.2, -0.15) is 4.99 Å². The summed E-state index contributed by atoms with van der Waals surface area (Å²) in [6.45, 7) is -0.266. The molecule has 1 saturated heterocycles. The summed E-state index contributed by atoms with van der Waals surface area (Å²) in [6.07, 6.45) is 0.379. The summed E-state index contributed by atoms with van der Waals surface area (Å²) in [5, 5.41) is 18.6. The van der Waals surface area contributed by atoms with Gasteiger partial charge in [0, 0.05) is 12.6 Å². The number of nitrogens with zero attached hydrogens (tertiary/aromatic N) is 2. The molecule has 2 aliphatic heterocycles. The number of rotatable bonds is 2. The van der Waals surface area contributed by atoms with Crippen molar-refractivity contribution in [3.8, 4) is 0 Å². The number of amides is 1. The zero-order valence-corrected chi connectivity index (χ0v) is 9.19. The fraction of sp³-hybridized carbons (Fsp3) is 0.700. The van der Waals surface area contributed by atoms with E-state index in [0.29, 0.717) is 12.8 Å². The van der Waals surface area contributed by atoms with Gasteiger partial charge in [-0.05, 0) is 6.42 Å². The number of nitrogens with two attached hydrogens (primary N) is 1. The van der Waals surface area contributed by atoms with E-state index in [1.54, 1.807) is 0 Å². The third kappa shape index (κ3) is 2.51. The molecule has 0 spiro atoms. The molecule has 7 nitrogen and oxygen atoms in total. The number of guanidine groups is 1. The Hall–Kier alpha value is -1.31. The summed E-state index contributed by atoms with van der Waals surface area (Å²) in [4.78, 5) is 19.1. The van der Waals surface area contributed by atoms with Gasteiger partial charge in [-0.15, -0.1) is 0 Å². The van der Waals surface area contributed by atoms with E-state index in [-0.39, 0.29) is 12.6 Å². The van der Waals surface area contributed by atoms with Gasteiger partial charge >= 0.3 is 0 Å². The molecule has 0 aromatic heterocycles. The first-order chi connectivity index (χ1) is 8.11. The lowest BCUT2D eigenvalue weighted by atomic mass is 9.95. The first-order valence-electron chi connectivity index (χ1n) is 5.46. The van der Waals surface area contributed by atoms with Crippen LogP contribution in [0.5, 0.6) is 0 Å². The topological polar surface area (TPSA) is 118 Å². The summed E-state index contributed by atoms with van der Waals surface area (Å²) in [6, 6.07) is 0. The number of aliphatic hydroxyl groups excluding tert-OH is 2. The lowest BCUT2D eigenvalue weighted by Gasteiger charge is -2.18. The molecule has 94 valence electrons. The highest BCUT2D eigenvalue weighted by Crippen LogP contribution is 2.28. The maximum absolute atomic E-state index is 11.7. The molecule has 7 heteroatoms. The predicted molar refractivity (Wildman–Crippen MR) is 59.6 cm³/mol. The van der Waals surface area contributed by atoms with Crippen molar-refractivity contribution in [3.05, 3.63) is 0 Å². The van der Waals surface area contributed by atoms with Crippen LogP contribution < -0.4 is 5.73 Å². The van der Waals surface area contributed by atoms with Gasteiger partial charge in [0.2, 0.25) is 5.96 Å². The Labute approximate surface area is 98.0 Å². The van der Waals surface area contributed by atoms with Crippen LogP contribution in [-0.4, -0.2) is 53.2 Å². The monoisotopic (exact) mass is 241 g/mol. The van der Waals surface area contributed by atoms with Gasteiger partial charge in [0.25, 0.3) is 5.91 Å². The summed E-state index contributed by atoms with van der Waals surface area (Å²) in [7, 11) is 0. The molecule has 2 aliphatic rings. The minimum Gasteiger partial charge on any atom is -0.394 e. The van der Waals surface area contributed by atoms with Gasteiger partial charge in [-0.1, -0.05) is 0 Å². The number of aliphatic imine (C=N–C) groups is 2. The van der Waals surface area contributed by atoms with E-state index < -0.39 is 30.1 Å². The van der Waals surface area contributed by atoms with Gasteiger partial charge in [0.15, 0.2) is 0 Å². The summed E-state index contributed by atoms with van der Waals surface area (Å²) in [5.74, 6) is -0.948. The first kappa shape index (κ1) is 12.2. The molecule has 1 amide bonds. The molecule has 0 aliphatic carbocycles. The Kier molecular flexibility index (Phi) is 3.51. The number of aliphatic hydroxyl groups is 2. The summed E-state index contributed by atoms with van der Waals surface area (Å²) in [5.41, 5.74) is 5.37. The normalized spacial score (nSPS) is 38.0. The molecule has 0 radical (unpaired) electrons. The maximum Gasteiger partial charge on any atom is 0.255 e. The van der Waals surface area contributed by atoms with Crippen LogP contribution >= 0.6 is 0 Å². The van der Waals surface area contributed by atoms with Crippen molar-refractivity contribution in [3.63, 3.8) is 0 Å². The average molecular weight is 241 g/mol. The lowest BCUT2D eigenvalue weighted by Crippen LogP contribution is -2.29. The second-order valence-electron chi connectivity index (χ2n) is 4.16. The van der Waals surface area contributed by atoms with Crippen molar-refractivity contribution in [2.24, 2.45) is 21.6 Å². The molecule has 2 unspecified atom stereocenters. The molecule has 4 N–H and O–H groups in total. The maximum atomic E-state index is 11.7.